The van der Waals surface area contributed by atoms with E-state index in [0.29, 0.717) is 17.8 Å². The Hall–Kier alpha value is -2.87. The highest BCUT2D eigenvalue weighted by atomic mass is 16.4. The van der Waals surface area contributed by atoms with Crippen LogP contribution >= 0.6 is 0 Å². The predicted octanol–water partition coefficient (Wildman–Crippen LogP) is 2.29. The van der Waals surface area contributed by atoms with Crippen molar-refractivity contribution in [1.29, 1.82) is 5.26 Å². The molecule has 2 rings (SSSR count). The number of nitriles is 1. The Bertz CT molecular complexity index is 677. The van der Waals surface area contributed by atoms with E-state index in [9.17, 15) is 4.79 Å². The molecular weight excluding hydrogens is 254 g/mol. The minimum absolute atomic E-state index is 0.0293. The van der Waals surface area contributed by atoms with Crippen molar-refractivity contribution in [3.8, 4) is 6.07 Å². The molecule has 0 fully saturated rings. The van der Waals surface area contributed by atoms with E-state index in [1.54, 1.807) is 24.3 Å². The Balaban J connectivity index is 2.19. The molecule has 1 aromatic heterocycles. The van der Waals surface area contributed by atoms with E-state index < -0.39 is 5.97 Å². The van der Waals surface area contributed by atoms with Gasteiger partial charge in [0.2, 0.25) is 0 Å². The molecule has 0 amide bonds. The average Bonchev–Trinajstić information content (AvgIpc) is 2.47. The van der Waals surface area contributed by atoms with Crippen molar-refractivity contribution in [2.45, 2.75) is 6.54 Å². The lowest BCUT2D eigenvalue weighted by Crippen LogP contribution is -2.18. The first kappa shape index (κ1) is 13.6. The summed E-state index contributed by atoms with van der Waals surface area (Å²) >= 11 is 0. The quantitative estimate of drug-likeness (QED) is 0.919. The molecule has 0 aliphatic heterocycles. The van der Waals surface area contributed by atoms with Crippen LogP contribution in [0.1, 0.15) is 21.7 Å². The molecular formula is C15H13N3O2. The number of aromatic carboxylic acids is 1. The summed E-state index contributed by atoms with van der Waals surface area (Å²) in [5.41, 5.74) is 2.16. The number of anilines is 1. The fourth-order valence-corrected chi connectivity index (χ4v) is 1.83. The topological polar surface area (TPSA) is 77.2 Å². The smallest absolute Gasteiger partial charge is 0.354 e. The molecule has 100 valence electrons. The van der Waals surface area contributed by atoms with E-state index >= 15 is 0 Å². The van der Waals surface area contributed by atoms with E-state index in [2.05, 4.69) is 11.1 Å². The van der Waals surface area contributed by atoms with Crippen LogP contribution in [-0.2, 0) is 6.54 Å². The molecule has 1 aromatic carbocycles. The van der Waals surface area contributed by atoms with Gasteiger partial charge < -0.3 is 10.0 Å². The zero-order valence-electron chi connectivity index (χ0n) is 10.9. The first-order valence-corrected chi connectivity index (χ1v) is 6.00. The highest BCUT2D eigenvalue weighted by Crippen LogP contribution is 2.16. The first-order chi connectivity index (χ1) is 9.60. The summed E-state index contributed by atoms with van der Waals surface area (Å²) in [6.07, 6.45) is 0. The van der Waals surface area contributed by atoms with Crippen LogP contribution < -0.4 is 4.90 Å². The number of carboxylic acid groups (broad SMARTS) is 1. The predicted molar refractivity (Wildman–Crippen MR) is 74.5 cm³/mol. The lowest BCUT2D eigenvalue weighted by Gasteiger charge is -2.19. The zero-order chi connectivity index (χ0) is 14.5. The fourth-order valence-electron chi connectivity index (χ4n) is 1.83. The maximum Gasteiger partial charge on any atom is 0.354 e. The zero-order valence-corrected chi connectivity index (χ0v) is 10.9. The lowest BCUT2D eigenvalue weighted by molar-refractivity contribution is 0.0690. The number of nitrogens with zero attached hydrogens (tertiary/aromatic N) is 3. The van der Waals surface area contributed by atoms with Crippen LogP contribution in [0.5, 0.6) is 0 Å². The molecule has 0 saturated heterocycles. The van der Waals surface area contributed by atoms with Crippen LogP contribution in [0.15, 0.2) is 42.5 Å². The Morgan fingerprint density at radius 3 is 2.80 bits per heavy atom. The van der Waals surface area contributed by atoms with Gasteiger partial charge in [0.1, 0.15) is 5.69 Å². The van der Waals surface area contributed by atoms with Crippen molar-refractivity contribution >= 4 is 11.7 Å². The van der Waals surface area contributed by atoms with Gasteiger partial charge in [-0.15, -0.1) is 0 Å². The minimum Gasteiger partial charge on any atom is -0.477 e. The maximum absolute atomic E-state index is 10.9. The van der Waals surface area contributed by atoms with Crippen molar-refractivity contribution in [3.63, 3.8) is 0 Å². The summed E-state index contributed by atoms with van der Waals surface area (Å²) < 4.78 is 0. The van der Waals surface area contributed by atoms with Crippen LogP contribution in [-0.4, -0.2) is 23.1 Å². The van der Waals surface area contributed by atoms with Crippen molar-refractivity contribution in [2.24, 2.45) is 0 Å². The van der Waals surface area contributed by atoms with Gasteiger partial charge in [-0.1, -0.05) is 12.1 Å². The van der Waals surface area contributed by atoms with Crippen LogP contribution in [0, 0.1) is 11.3 Å². The average molecular weight is 267 g/mol. The molecule has 0 aliphatic rings. The number of carbonyl (C=O) groups is 1. The first-order valence-electron chi connectivity index (χ1n) is 6.00. The third kappa shape index (κ3) is 3.12. The van der Waals surface area contributed by atoms with E-state index in [4.69, 9.17) is 10.4 Å². The minimum atomic E-state index is -1.04. The van der Waals surface area contributed by atoms with Crippen molar-refractivity contribution in [3.05, 3.63) is 59.4 Å². The number of aromatic nitrogens is 1. The van der Waals surface area contributed by atoms with Gasteiger partial charge in [0.15, 0.2) is 0 Å². The van der Waals surface area contributed by atoms with Gasteiger partial charge in [-0.3, -0.25) is 0 Å². The van der Waals surface area contributed by atoms with E-state index in [1.165, 1.54) is 6.07 Å². The van der Waals surface area contributed by atoms with Crippen LogP contribution in [0.3, 0.4) is 0 Å². The van der Waals surface area contributed by atoms with Gasteiger partial charge in [0, 0.05) is 12.7 Å². The van der Waals surface area contributed by atoms with Crippen LogP contribution in [0.4, 0.5) is 5.69 Å². The number of hydrogen-bond donors (Lipinski definition) is 1. The standard InChI is InChI=1S/C15H13N3O2/c1-18(13-6-2-4-11(8-13)9-16)10-12-5-3-7-14(17-12)15(19)20/h2-8H,10H2,1H3,(H,19,20). The molecule has 1 heterocycles. The number of pyridine rings is 1. The third-order valence-electron chi connectivity index (χ3n) is 2.84. The maximum atomic E-state index is 10.9. The molecule has 1 N–H and O–H groups in total. The number of carboxylic acids is 1. The van der Waals surface area contributed by atoms with Gasteiger partial charge in [-0.25, -0.2) is 9.78 Å². The molecule has 0 atom stereocenters. The molecule has 0 radical (unpaired) electrons. The van der Waals surface area contributed by atoms with Gasteiger partial charge in [0.25, 0.3) is 0 Å². The molecule has 0 unspecified atom stereocenters. The SMILES string of the molecule is CN(Cc1cccc(C(=O)O)n1)c1cccc(C#N)c1. The highest BCUT2D eigenvalue weighted by Gasteiger charge is 2.08. The molecule has 20 heavy (non-hydrogen) atoms. The summed E-state index contributed by atoms with van der Waals surface area (Å²) in [7, 11) is 1.87. The Morgan fingerprint density at radius 1 is 1.35 bits per heavy atom. The van der Waals surface area contributed by atoms with E-state index in [0.717, 1.165) is 5.69 Å². The van der Waals surface area contributed by atoms with Crippen LogP contribution in [0.25, 0.3) is 0 Å². The summed E-state index contributed by atoms with van der Waals surface area (Å²) in [4.78, 5) is 16.9. The van der Waals surface area contributed by atoms with Gasteiger partial charge >= 0.3 is 5.97 Å². The summed E-state index contributed by atoms with van der Waals surface area (Å²) in [6, 6.07) is 14.2. The van der Waals surface area contributed by atoms with Gasteiger partial charge in [-0.05, 0) is 30.3 Å². The Labute approximate surface area is 116 Å². The summed E-state index contributed by atoms with van der Waals surface area (Å²) in [6.45, 7) is 0.468. The number of rotatable bonds is 4. The second-order valence-electron chi connectivity index (χ2n) is 4.34. The molecule has 5 heteroatoms. The van der Waals surface area contributed by atoms with Gasteiger partial charge in [-0.2, -0.15) is 5.26 Å². The second-order valence-corrected chi connectivity index (χ2v) is 4.34. The fraction of sp³-hybridized carbons (Fsp3) is 0.133. The Morgan fingerprint density at radius 2 is 2.10 bits per heavy atom. The monoisotopic (exact) mass is 267 g/mol. The summed E-state index contributed by atoms with van der Waals surface area (Å²) in [5.74, 6) is -1.04. The lowest BCUT2D eigenvalue weighted by atomic mass is 10.2. The van der Waals surface area contributed by atoms with Gasteiger partial charge in [0.05, 0.1) is 23.9 Å². The normalized spacial score (nSPS) is 9.80. The molecule has 0 saturated carbocycles. The largest absolute Gasteiger partial charge is 0.477 e. The van der Waals surface area contributed by atoms with Crippen molar-refractivity contribution in [1.82, 2.24) is 4.98 Å². The Kier molecular flexibility index (Phi) is 3.96. The third-order valence-corrected chi connectivity index (χ3v) is 2.84. The molecule has 5 nitrogen and oxygen atoms in total. The van der Waals surface area contributed by atoms with E-state index in [-0.39, 0.29) is 5.69 Å². The number of hydrogen-bond acceptors (Lipinski definition) is 4. The van der Waals surface area contributed by atoms with Crippen LogP contribution in [0.2, 0.25) is 0 Å². The molecule has 0 spiro atoms. The van der Waals surface area contributed by atoms with Crippen molar-refractivity contribution < 1.29 is 9.90 Å². The molecule has 2 aromatic rings. The summed E-state index contributed by atoms with van der Waals surface area (Å²) in [5, 5.41) is 17.8. The van der Waals surface area contributed by atoms with E-state index in [1.807, 2.05) is 24.1 Å². The second kappa shape index (κ2) is 5.85. The number of benzene rings is 1. The molecule has 0 bridgehead atoms. The highest BCUT2D eigenvalue weighted by molar-refractivity contribution is 5.85. The molecule has 0 aliphatic carbocycles. The van der Waals surface area contributed by atoms with Crippen molar-refractivity contribution in [2.75, 3.05) is 11.9 Å².